The molecule has 1 N–H and O–H groups in total. The van der Waals surface area contributed by atoms with Crippen molar-refractivity contribution in [2.45, 2.75) is 26.2 Å². The zero-order valence-electron chi connectivity index (χ0n) is 16.1. The van der Waals surface area contributed by atoms with Gasteiger partial charge in [0.2, 0.25) is 0 Å². The van der Waals surface area contributed by atoms with E-state index in [0.29, 0.717) is 18.1 Å². The minimum Gasteiger partial charge on any atom is -0.384 e. The van der Waals surface area contributed by atoms with E-state index in [1.54, 1.807) is 13.3 Å². The summed E-state index contributed by atoms with van der Waals surface area (Å²) in [5.74, 6) is 1.26. The SMILES string of the molecule is COCC1CCCN(C(=O)c2ccc(NCCc3cccc(C)n3)nc2)C1. The van der Waals surface area contributed by atoms with Gasteiger partial charge in [0, 0.05) is 50.7 Å². The maximum atomic E-state index is 12.7. The lowest BCUT2D eigenvalue weighted by atomic mass is 9.98. The zero-order valence-corrected chi connectivity index (χ0v) is 16.1. The fourth-order valence-corrected chi connectivity index (χ4v) is 3.49. The van der Waals surface area contributed by atoms with Gasteiger partial charge in [0.15, 0.2) is 0 Å². The molecule has 1 amide bonds. The predicted octanol–water partition coefficient (Wildman–Crippen LogP) is 2.94. The van der Waals surface area contributed by atoms with Gasteiger partial charge in [-0.3, -0.25) is 9.78 Å². The van der Waals surface area contributed by atoms with Crippen LogP contribution in [0.15, 0.2) is 36.5 Å². The Morgan fingerprint density at radius 3 is 2.96 bits per heavy atom. The molecule has 1 aliphatic rings. The van der Waals surface area contributed by atoms with Crippen molar-refractivity contribution in [3.8, 4) is 0 Å². The van der Waals surface area contributed by atoms with Crippen LogP contribution < -0.4 is 5.32 Å². The number of carbonyl (C=O) groups excluding carboxylic acids is 1. The molecule has 1 saturated heterocycles. The molecule has 6 nitrogen and oxygen atoms in total. The number of hydrogen-bond donors (Lipinski definition) is 1. The van der Waals surface area contributed by atoms with Gasteiger partial charge >= 0.3 is 0 Å². The maximum absolute atomic E-state index is 12.7. The van der Waals surface area contributed by atoms with E-state index < -0.39 is 0 Å². The summed E-state index contributed by atoms with van der Waals surface area (Å²) in [6, 6.07) is 9.76. The molecule has 1 atom stereocenters. The molecule has 6 heteroatoms. The van der Waals surface area contributed by atoms with Crippen molar-refractivity contribution in [1.82, 2.24) is 14.9 Å². The van der Waals surface area contributed by atoms with Gasteiger partial charge in [0.05, 0.1) is 12.2 Å². The number of hydrogen-bond acceptors (Lipinski definition) is 5. The first kappa shape index (κ1) is 19.3. The van der Waals surface area contributed by atoms with Crippen molar-refractivity contribution < 1.29 is 9.53 Å². The summed E-state index contributed by atoms with van der Waals surface area (Å²) in [5, 5.41) is 3.29. The average molecular weight is 368 g/mol. The summed E-state index contributed by atoms with van der Waals surface area (Å²) in [4.78, 5) is 23.5. The monoisotopic (exact) mass is 368 g/mol. The first-order valence-electron chi connectivity index (χ1n) is 9.56. The third kappa shape index (κ3) is 5.50. The minimum absolute atomic E-state index is 0.0545. The van der Waals surface area contributed by atoms with Crippen LogP contribution in [0.1, 0.15) is 34.6 Å². The number of aryl methyl sites for hydroxylation is 1. The Morgan fingerprint density at radius 2 is 2.22 bits per heavy atom. The van der Waals surface area contributed by atoms with Crippen molar-refractivity contribution in [1.29, 1.82) is 0 Å². The van der Waals surface area contributed by atoms with Gasteiger partial charge in [0.25, 0.3) is 5.91 Å². The van der Waals surface area contributed by atoms with Gasteiger partial charge in [-0.1, -0.05) is 6.07 Å². The number of methoxy groups -OCH3 is 1. The molecule has 27 heavy (non-hydrogen) atoms. The third-order valence-electron chi connectivity index (χ3n) is 4.85. The molecular formula is C21H28N4O2. The van der Waals surface area contributed by atoms with Gasteiger partial charge < -0.3 is 15.0 Å². The lowest BCUT2D eigenvalue weighted by Crippen LogP contribution is -2.41. The first-order valence-corrected chi connectivity index (χ1v) is 9.56. The standard InChI is InChI=1S/C21H28N4O2/c1-16-5-3-7-19(24-16)10-11-22-20-9-8-18(13-23-20)21(26)25-12-4-6-17(14-25)15-27-2/h3,5,7-9,13,17H,4,6,10-12,14-15H2,1-2H3,(H,22,23). The maximum Gasteiger partial charge on any atom is 0.255 e. The van der Waals surface area contributed by atoms with E-state index in [4.69, 9.17) is 4.74 Å². The van der Waals surface area contributed by atoms with Crippen LogP contribution in [-0.2, 0) is 11.2 Å². The lowest BCUT2D eigenvalue weighted by molar-refractivity contribution is 0.0570. The Labute approximate surface area is 161 Å². The molecule has 1 fully saturated rings. The second-order valence-corrected chi connectivity index (χ2v) is 7.09. The molecule has 0 aromatic carbocycles. The highest BCUT2D eigenvalue weighted by Gasteiger charge is 2.24. The molecule has 0 radical (unpaired) electrons. The summed E-state index contributed by atoms with van der Waals surface area (Å²) in [6.07, 6.45) is 4.64. The summed E-state index contributed by atoms with van der Waals surface area (Å²) in [6.45, 7) is 5.02. The third-order valence-corrected chi connectivity index (χ3v) is 4.85. The smallest absolute Gasteiger partial charge is 0.255 e. The zero-order chi connectivity index (χ0) is 19.1. The van der Waals surface area contributed by atoms with E-state index in [9.17, 15) is 4.79 Å². The highest BCUT2D eigenvalue weighted by molar-refractivity contribution is 5.94. The van der Waals surface area contributed by atoms with Gasteiger partial charge in [-0.05, 0) is 49.9 Å². The van der Waals surface area contributed by atoms with Crippen molar-refractivity contribution in [2.24, 2.45) is 5.92 Å². The van der Waals surface area contributed by atoms with Gasteiger partial charge in [-0.25, -0.2) is 4.98 Å². The first-order chi connectivity index (χ1) is 13.2. The molecule has 3 rings (SSSR count). The van der Waals surface area contributed by atoms with Crippen molar-refractivity contribution >= 4 is 11.7 Å². The Balaban J connectivity index is 1.51. The highest BCUT2D eigenvalue weighted by Crippen LogP contribution is 2.19. The molecular weight excluding hydrogens is 340 g/mol. The molecule has 0 aliphatic carbocycles. The van der Waals surface area contributed by atoms with Crippen molar-refractivity contribution in [3.05, 3.63) is 53.5 Å². The lowest BCUT2D eigenvalue weighted by Gasteiger charge is -2.32. The van der Waals surface area contributed by atoms with E-state index in [2.05, 4.69) is 15.3 Å². The van der Waals surface area contributed by atoms with Crippen LogP contribution in [0.25, 0.3) is 0 Å². The number of likely N-dealkylation sites (tertiary alicyclic amines) is 1. The number of piperidine rings is 1. The van der Waals surface area contributed by atoms with Crippen LogP contribution in [0.3, 0.4) is 0 Å². The number of nitrogens with one attached hydrogen (secondary N) is 1. The van der Waals surface area contributed by atoms with Crippen LogP contribution in [0, 0.1) is 12.8 Å². The molecule has 0 bridgehead atoms. The normalized spacial score (nSPS) is 17.0. The highest BCUT2D eigenvalue weighted by atomic mass is 16.5. The second-order valence-electron chi connectivity index (χ2n) is 7.09. The molecule has 1 aliphatic heterocycles. The number of ether oxygens (including phenoxy) is 1. The summed E-state index contributed by atoms with van der Waals surface area (Å²) in [5.41, 5.74) is 2.72. The number of rotatable bonds is 7. The Kier molecular flexibility index (Phi) is 6.76. The average Bonchev–Trinajstić information content (AvgIpc) is 2.69. The summed E-state index contributed by atoms with van der Waals surface area (Å²) >= 11 is 0. The van der Waals surface area contributed by atoms with E-state index in [1.807, 2.05) is 42.2 Å². The Morgan fingerprint density at radius 1 is 1.33 bits per heavy atom. The van der Waals surface area contributed by atoms with E-state index in [0.717, 1.165) is 56.1 Å². The molecule has 2 aromatic rings. The molecule has 144 valence electrons. The number of nitrogens with zero attached hydrogens (tertiary/aromatic N) is 3. The van der Waals surface area contributed by atoms with Crippen molar-refractivity contribution in [3.63, 3.8) is 0 Å². The minimum atomic E-state index is 0.0545. The molecule has 0 saturated carbocycles. The molecule has 0 spiro atoms. The quantitative estimate of drug-likeness (QED) is 0.814. The van der Waals surface area contributed by atoms with Crippen LogP contribution >= 0.6 is 0 Å². The fraction of sp³-hybridized carbons (Fsp3) is 0.476. The molecule has 1 unspecified atom stereocenters. The number of amides is 1. The molecule has 3 heterocycles. The number of aromatic nitrogens is 2. The van der Waals surface area contributed by atoms with Crippen molar-refractivity contribution in [2.75, 3.05) is 38.7 Å². The fourth-order valence-electron chi connectivity index (χ4n) is 3.49. The van der Waals surface area contributed by atoms with E-state index in [1.165, 1.54) is 0 Å². The van der Waals surface area contributed by atoms with E-state index in [-0.39, 0.29) is 5.91 Å². The molecule has 2 aromatic heterocycles. The Hall–Kier alpha value is -2.47. The predicted molar refractivity (Wildman–Crippen MR) is 106 cm³/mol. The number of anilines is 1. The number of pyridine rings is 2. The van der Waals surface area contributed by atoms with Gasteiger partial charge in [0.1, 0.15) is 5.82 Å². The topological polar surface area (TPSA) is 67.3 Å². The van der Waals surface area contributed by atoms with Crippen LogP contribution in [-0.4, -0.2) is 54.1 Å². The summed E-state index contributed by atoms with van der Waals surface area (Å²) in [7, 11) is 1.71. The van der Waals surface area contributed by atoms with Crippen LogP contribution in [0.4, 0.5) is 5.82 Å². The van der Waals surface area contributed by atoms with Gasteiger partial charge in [-0.2, -0.15) is 0 Å². The van der Waals surface area contributed by atoms with Gasteiger partial charge in [-0.15, -0.1) is 0 Å². The number of carbonyl (C=O) groups is 1. The van der Waals surface area contributed by atoms with Crippen LogP contribution in [0.5, 0.6) is 0 Å². The largest absolute Gasteiger partial charge is 0.384 e. The summed E-state index contributed by atoms with van der Waals surface area (Å²) < 4.78 is 5.24. The second kappa shape index (κ2) is 9.46. The van der Waals surface area contributed by atoms with Crippen LogP contribution in [0.2, 0.25) is 0 Å². The Bertz CT molecular complexity index is 746. The van der Waals surface area contributed by atoms with E-state index >= 15 is 0 Å².